The van der Waals surface area contributed by atoms with E-state index in [1.807, 2.05) is 16.8 Å². The fraction of sp³-hybridized carbons (Fsp3) is 0.800. The van der Waals surface area contributed by atoms with E-state index < -0.39 is 0 Å². The normalized spacial score (nSPS) is 29.5. The molecule has 2 aliphatic heterocycles. The third-order valence-corrected chi connectivity index (χ3v) is 5.47. The standard InChI is InChI=1S/C15H22N4O2/c1-3-4-5-12-16-17-13(21-12)10-8-15(6-7-15)11-9-19(10)14(20)18(11)2/h10-11H,3-9H2,1-2H3/t10-,11-/m0/s1. The van der Waals surface area contributed by atoms with E-state index in [2.05, 4.69) is 17.1 Å². The van der Waals surface area contributed by atoms with Crippen molar-refractivity contribution >= 4 is 6.03 Å². The molecule has 4 rings (SSSR count). The van der Waals surface area contributed by atoms with Gasteiger partial charge >= 0.3 is 6.03 Å². The van der Waals surface area contributed by atoms with Gasteiger partial charge in [0.25, 0.3) is 0 Å². The maximum Gasteiger partial charge on any atom is 0.320 e. The molecule has 2 bridgehead atoms. The van der Waals surface area contributed by atoms with E-state index in [9.17, 15) is 4.79 Å². The summed E-state index contributed by atoms with van der Waals surface area (Å²) in [5, 5.41) is 8.39. The van der Waals surface area contributed by atoms with Gasteiger partial charge in [0.15, 0.2) is 0 Å². The minimum atomic E-state index is -0.0240. The molecule has 1 aromatic heterocycles. The van der Waals surface area contributed by atoms with Gasteiger partial charge in [0.1, 0.15) is 6.04 Å². The Hall–Kier alpha value is -1.59. The van der Waals surface area contributed by atoms with Crippen molar-refractivity contribution in [1.82, 2.24) is 20.0 Å². The number of rotatable bonds is 4. The van der Waals surface area contributed by atoms with Gasteiger partial charge in [0, 0.05) is 20.0 Å². The van der Waals surface area contributed by atoms with Gasteiger partial charge in [-0.05, 0) is 31.1 Å². The zero-order valence-electron chi connectivity index (χ0n) is 12.7. The quantitative estimate of drug-likeness (QED) is 0.854. The van der Waals surface area contributed by atoms with Crippen LogP contribution < -0.4 is 0 Å². The first-order valence-corrected chi connectivity index (χ1v) is 8.00. The Kier molecular flexibility index (Phi) is 2.78. The predicted molar refractivity (Wildman–Crippen MR) is 75.6 cm³/mol. The lowest BCUT2D eigenvalue weighted by Crippen LogP contribution is -2.41. The van der Waals surface area contributed by atoms with Crippen LogP contribution in [-0.4, -0.2) is 45.7 Å². The first-order valence-electron chi connectivity index (χ1n) is 8.00. The molecule has 2 atom stereocenters. The van der Waals surface area contributed by atoms with Crippen molar-refractivity contribution in [2.45, 2.75) is 57.5 Å². The number of amides is 2. The molecule has 0 aromatic carbocycles. The first kappa shape index (κ1) is 13.1. The number of piperidine rings is 1. The number of likely N-dealkylation sites (N-methyl/N-ethyl adjacent to an activating group) is 1. The smallest absolute Gasteiger partial charge is 0.320 e. The van der Waals surface area contributed by atoms with Crippen LogP contribution >= 0.6 is 0 Å². The fourth-order valence-corrected chi connectivity index (χ4v) is 3.97. The highest BCUT2D eigenvalue weighted by molar-refractivity contribution is 5.78. The number of nitrogens with zero attached hydrogens (tertiary/aromatic N) is 4. The van der Waals surface area contributed by atoms with Crippen LogP contribution in [0.15, 0.2) is 4.42 Å². The number of carbonyl (C=O) groups excluding carboxylic acids is 1. The summed E-state index contributed by atoms with van der Waals surface area (Å²) in [5.74, 6) is 1.34. The molecule has 3 aliphatic rings. The maximum absolute atomic E-state index is 12.4. The highest BCUT2D eigenvalue weighted by Gasteiger charge is 2.62. The molecule has 1 spiro atoms. The summed E-state index contributed by atoms with van der Waals surface area (Å²) < 4.78 is 5.85. The largest absolute Gasteiger partial charge is 0.423 e. The zero-order valence-corrected chi connectivity index (χ0v) is 12.7. The Bertz CT molecular complexity index is 566. The van der Waals surface area contributed by atoms with Crippen molar-refractivity contribution in [2.75, 3.05) is 13.6 Å². The lowest BCUT2D eigenvalue weighted by Gasteiger charge is -2.35. The molecule has 3 fully saturated rings. The van der Waals surface area contributed by atoms with Crippen LogP contribution in [0.3, 0.4) is 0 Å². The summed E-state index contributed by atoms with van der Waals surface area (Å²) >= 11 is 0. The first-order chi connectivity index (χ1) is 10.1. The molecule has 0 radical (unpaired) electrons. The average Bonchev–Trinajstić information content (AvgIpc) is 3.00. The lowest BCUT2D eigenvalue weighted by molar-refractivity contribution is 0.125. The second-order valence-electron chi connectivity index (χ2n) is 6.78. The van der Waals surface area contributed by atoms with Crippen molar-refractivity contribution in [3.8, 4) is 0 Å². The monoisotopic (exact) mass is 290 g/mol. The SMILES string of the molecule is CCCCc1nnc([C@@H]2CC3(CC3)[C@@H]3CN2C(=O)N3C)o1. The summed E-state index contributed by atoms with van der Waals surface area (Å²) in [5.41, 5.74) is 0.306. The molecule has 114 valence electrons. The van der Waals surface area contributed by atoms with Crippen LogP contribution in [0.2, 0.25) is 0 Å². The Morgan fingerprint density at radius 3 is 2.90 bits per heavy atom. The summed E-state index contributed by atoms with van der Waals surface area (Å²) in [7, 11) is 1.93. The van der Waals surface area contributed by atoms with E-state index in [4.69, 9.17) is 4.42 Å². The Morgan fingerprint density at radius 1 is 1.38 bits per heavy atom. The number of urea groups is 1. The molecule has 0 unspecified atom stereocenters. The average molecular weight is 290 g/mol. The van der Waals surface area contributed by atoms with E-state index in [0.717, 1.165) is 32.2 Å². The zero-order chi connectivity index (χ0) is 14.6. The van der Waals surface area contributed by atoms with Crippen LogP contribution in [0.5, 0.6) is 0 Å². The van der Waals surface area contributed by atoms with E-state index in [1.54, 1.807) is 0 Å². The van der Waals surface area contributed by atoms with Crippen molar-refractivity contribution in [3.05, 3.63) is 11.8 Å². The lowest BCUT2D eigenvalue weighted by atomic mass is 9.85. The second kappa shape index (κ2) is 4.45. The Labute approximate surface area is 124 Å². The van der Waals surface area contributed by atoms with Crippen LogP contribution in [0.4, 0.5) is 4.79 Å². The molecule has 6 heteroatoms. The van der Waals surface area contributed by atoms with Gasteiger partial charge in [-0.1, -0.05) is 13.3 Å². The summed E-state index contributed by atoms with van der Waals surface area (Å²) in [6.45, 7) is 2.96. The van der Waals surface area contributed by atoms with Crippen molar-refractivity contribution in [1.29, 1.82) is 0 Å². The number of carbonyl (C=O) groups is 1. The summed E-state index contributed by atoms with van der Waals surface area (Å²) in [6.07, 6.45) is 6.42. The Balaban J connectivity index is 1.60. The second-order valence-corrected chi connectivity index (χ2v) is 6.78. The van der Waals surface area contributed by atoms with E-state index >= 15 is 0 Å². The predicted octanol–water partition coefficient (Wildman–Crippen LogP) is 2.37. The van der Waals surface area contributed by atoms with Crippen LogP contribution in [0, 0.1) is 5.41 Å². The number of fused-ring (bicyclic) bond motifs is 3. The van der Waals surface area contributed by atoms with Gasteiger partial charge in [-0.25, -0.2) is 4.79 Å². The van der Waals surface area contributed by atoms with Gasteiger partial charge in [-0.2, -0.15) is 0 Å². The van der Waals surface area contributed by atoms with E-state index in [0.29, 0.717) is 23.2 Å². The molecular weight excluding hydrogens is 268 g/mol. The van der Waals surface area contributed by atoms with Crippen molar-refractivity contribution in [2.24, 2.45) is 5.41 Å². The molecule has 2 amide bonds. The van der Waals surface area contributed by atoms with Crippen LogP contribution in [-0.2, 0) is 6.42 Å². The minimum Gasteiger partial charge on any atom is -0.423 e. The van der Waals surface area contributed by atoms with Gasteiger partial charge < -0.3 is 14.2 Å². The summed E-state index contributed by atoms with van der Waals surface area (Å²) in [6, 6.07) is 0.467. The number of unbranched alkanes of at least 4 members (excludes halogenated alkanes) is 1. The third-order valence-electron chi connectivity index (χ3n) is 5.47. The third kappa shape index (κ3) is 1.88. The van der Waals surface area contributed by atoms with Crippen LogP contribution in [0.1, 0.15) is 56.9 Å². The molecule has 21 heavy (non-hydrogen) atoms. The minimum absolute atomic E-state index is 0.0240. The summed E-state index contributed by atoms with van der Waals surface area (Å²) in [4.78, 5) is 16.3. The van der Waals surface area contributed by atoms with Crippen molar-refractivity contribution in [3.63, 3.8) is 0 Å². The molecule has 6 nitrogen and oxygen atoms in total. The molecule has 0 N–H and O–H groups in total. The van der Waals surface area contributed by atoms with Gasteiger partial charge in [0.05, 0.1) is 6.04 Å². The van der Waals surface area contributed by atoms with Gasteiger partial charge in [-0.15, -0.1) is 10.2 Å². The molecule has 1 aromatic rings. The van der Waals surface area contributed by atoms with Gasteiger partial charge in [0.2, 0.25) is 11.8 Å². The van der Waals surface area contributed by atoms with Crippen LogP contribution in [0.25, 0.3) is 0 Å². The van der Waals surface area contributed by atoms with Crippen molar-refractivity contribution < 1.29 is 9.21 Å². The van der Waals surface area contributed by atoms with E-state index in [-0.39, 0.29) is 12.1 Å². The number of aromatic nitrogens is 2. The maximum atomic E-state index is 12.4. The van der Waals surface area contributed by atoms with E-state index in [1.165, 1.54) is 12.8 Å². The number of hydrogen-bond donors (Lipinski definition) is 0. The van der Waals surface area contributed by atoms with Gasteiger partial charge in [-0.3, -0.25) is 0 Å². The number of hydrogen-bond acceptors (Lipinski definition) is 4. The topological polar surface area (TPSA) is 62.5 Å². The fourth-order valence-electron chi connectivity index (χ4n) is 3.97. The molecule has 1 aliphatic carbocycles. The molecular formula is C15H22N4O2. The molecule has 1 saturated carbocycles. The molecule has 3 heterocycles. The Morgan fingerprint density at radius 2 is 2.19 bits per heavy atom. The molecule has 2 saturated heterocycles. The highest BCUT2D eigenvalue weighted by atomic mass is 16.4. The number of aryl methyl sites for hydroxylation is 1. The highest BCUT2D eigenvalue weighted by Crippen LogP contribution is 2.61.